The Morgan fingerprint density at radius 2 is 2.11 bits per heavy atom. The molecule has 5 heteroatoms. The van der Waals surface area contributed by atoms with E-state index in [0.717, 1.165) is 35.2 Å². The lowest BCUT2D eigenvalue weighted by atomic mass is 10.2. The number of hydrogen-bond acceptors (Lipinski definition) is 3. The third kappa shape index (κ3) is 5.33. The number of ether oxygens (including phenoxy) is 2. The predicted octanol–water partition coefficient (Wildman–Crippen LogP) is 3.28. The summed E-state index contributed by atoms with van der Waals surface area (Å²) in [6.07, 6.45) is 2.24. The topological polar surface area (TPSA) is 44.5 Å². The van der Waals surface area contributed by atoms with Crippen molar-refractivity contribution in [3.05, 3.63) is 28.2 Å². The van der Waals surface area contributed by atoms with Crippen LogP contribution in [0.1, 0.15) is 25.3 Å². The fraction of sp³-hybridized carbons (Fsp3) is 0.462. The van der Waals surface area contributed by atoms with Crippen LogP contribution in [0.3, 0.4) is 0 Å². The summed E-state index contributed by atoms with van der Waals surface area (Å²) < 4.78 is 11.9. The summed E-state index contributed by atoms with van der Waals surface area (Å²) in [5.41, 5.74) is 6.37. The van der Waals surface area contributed by atoms with E-state index in [0.29, 0.717) is 18.2 Å². The zero-order chi connectivity index (χ0) is 13.4. The van der Waals surface area contributed by atoms with Gasteiger partial charge in [-0.1, -0.05) is 25.6 Å². The highest BCUT2D eigenvalue weighted by Crippen LogP contribution is 2.25. The van der Waals surface area contributed by atoms with Gasteiger partial charge in [-0.3, -0.25) is 0 Å². The van der Waals surface area contributed by atoms with Crippen molar-refractivity contribution in [1.29, 1.82) is 0 Å². The molecule has 0 amide bonds. The number of thiocarbonyl (C=S) groups is 1. The molecule has 0 heterocycles. The molecule has 2 N–H and O–H groups in total. The third-order valence-corrected chi connectivity index (χ3v) is 3.20. The summed E-state index contributed by atoms with van der Waals surface area (Å²) in [4.78, 5) is 0.380. The van der Waals surface area contributed by atoms with E-state index in [1.54, 1.807) is 0 Å². The van der Waals surface area contributed by atoms with Crippen LogP contribution in [-0.2, 0) is 4.74 Å². The second-order valence-corrected chi connectivity index (χ2v) is 5.12. The first-order chi connectivity index (χ1) is 8.65. The zero-order valence-electron chi connectivity index (χ0n) is 10.4. The molecule has 0 aliphatic carbocycles. The van der Waals surface area contributed by atoms with Gasteiger partial charge in [0.2, 0.25) is 0 Å². The molecule has 0 fully saturated rings. The SMILES string of the molecule is CCCCOCCOc1ccc(C(N)=S)cc1Br. The minimum atomic E-state index is 0.380. The minimum Gasteiger partial charge on any atom is -0.490 e. The summed E-state index contributed by atoms with van der Waals surface area (Å²) in [6, 6.07) is 5.56. The Labute approximate surface area is 122 Å². The number of benzene rings is 1. The first kappa shape index (κ1) is 15.4. The standard InChI is InChI=1S/C13H18BrNO2S/c1-2-3-6-16-7-8-17-12-5-4-10(13(15)18)9-11(12)14/h4-5,9H,2-3,6-8H2,1H3,(H2,15,18). The van der Waals surface area contributed by atoms with E-state index in [1.807, 2.05) is 18.2 Å². The van der Waals surface area contributed by atoms with Gasteiger partial charge in [0, 0.05) is 12.2 Å². The van der Waals surface area contributed by atoms with Crippen LogP contribution in [0.5, 0.6) is 5.75 Å². The Kier molecular flexibility index (Phi) is 7.23. The molecule has 0 atom stereocenters. The lowest BCUT2D eigenvalue weighted by Crippen LogP contribution is -2.10. The maximum atomic E-state index is 5.60. The van der Waals surface area contributed by atoms with Crippen molar-refractivity contribution in [2.75, 3.05) is 19.8 Å². The first-order valence-electron chi connectivity index (χ1n) is 5.95. The van der Waals surface area contributed by atoms with Crippen molar-refractivity contribution in [3.63, 3.8) is 0 Å². The van der Waals surface area contributed by atoms with Crippen molar-refractivity contribution in [1.82, 2.24) is 0 Å². The molecule has 0 saturated heterocycles. The Morgan fingerprint density at radius 3 is 2.72 bits per heavy atom. The second kappa shape index (κ2) is 8.45. The van der Waals surface area contributed by atoms with Gasteiger partial charge in [-0.15, -0.1) is 0 Å². The van der Waals surface area contributed by atoms with Crippen LogP contribution in [0.4, 0.5) is 0 Å². The Bertz CT molecular complexity index is 399. The van der Waals surface area contributed by atoms with E-state index >= 15 is 0 Å². The van der Waals surface area contributed by atoms with E-state index in [-0.39, 0.29) is 0 Å². The fourth-order valence-electron chi connectivity index (χ4n) is 1.33. The molecule has 3 nitrogen and oxygen atoms in total. The van der Waals surface area contributed by atoms with Crippen molar-refractivity contribution < 1.29 is 9.47 Å². The maximum absolute atomic E-state index is 5.60. The highest BCUT2D eigenvalue weighted by molar-refractivity contribution is 9.10. The Morgan fingerprint density at radius 1 is 1.33 bits per heavy atom. The van der Waals surface area contributed by atoms with E-state index < -0.39 is 0 Å². The molecule has 0 radical (unpaired) electrons. The molecular weight excluding hydrogens is 314 g/mol. The lowest BCUT2D eigenvalue weighted by molar-refractivity contribution is 0.0978. The molecular formula is C13H18BrNO2S. The van der Waals surface area contributed by atoms with Gasteiger partial charge in [0.1, 0.15) is 17.3 Å². The monoisotopic (exact) mass is 331 g/mol. The van der Waals surface area contributed by atoms with Crippen LogP contribution in [0, 0.1) is 0 Å². The van der Waals surface area contributed by atoms with Crippen LogP contribution >= 0.6 is 28.1 Å². The van der Waals surface area contributed by atoms with Crippen LogP contribution in [0.25, 0.3) is 0 Å². The molecule has 0 aromatic heterocycles. The van der Waals surface area contributed by atoms with E-state index in [9.17, 15) is 0 Å². The van der Waals surface area contributed by atoms with Crippen molar-refractivity contribution in [2.24, 2.45) is 5.73 Å². The van der Waals surface area contributed by atoms with Crippen LogP contribution < -0.4 is 10.5 Å². The summed E-state index contributed by atoms with van der Waals surface area (Å²) in [5, 5.41) is 0. The van der Waals surface area contributed by atoms with E-state index in [2.05, 4.69) is 22.9 Å². The number of unbranched alkanes of at least 4 members (excludes halogenated alkanes) is 1. The molecule has 18 heavy (non-hydrogen) atoms. The molecule has 0 unspecified atom stereocenters. The first-order valence-corrected chi connectivity index (χ1v) is 7.15. The van der Waals surface area contributed by atoms with Gasteiger partial charge < -0.3 is 15.2 Å². The summed E-state index contributed by atoms with van der Waals surface area (Å²) >= 11 is 8.34. The van der Waals surface area contributed by atoms with Gasteiger partial charge in [0.25, 0.3) is 0 Å². The Hall–Kier alpha value is -0.650. The number of rotatable bonds is 8. The average Bonchev–Trinajstić information content (AvgIpc) is 2.35. The van der Waals surface area contributed by atoms with Crippen LogP contribution in [0.2, 0.25) is 0 Å². The van der Waals surface area contributed by atoms with Crippen LogP contribution in [-0.4, -0.2) is 24.8 Å². The summed E-state index contributed by atoms with van der Waals surface area (Å²) in [5.74, 6) is 0.772. The molecule has 1 rings (SSSR count). The fourth-order valence-corrected chi connectivity index (χ4v) is 1.95. The molecule has 1 aromatic rings. The van der Waals surface area contributed by atoms with Gasteiger partial charge in [0.15, 0.2) is 0 Å². The smallest absolute Gasteiger partial charge is 0.133 e. The predicted molar refractivity (Wildman–Crippen MR) is 81.3 cm³/mol. The van der Waals surface area contributed by atoms with Gasteiger partial charge >= 0.3 is 0 Å². The van der Waals surface area contributed by atoms with E-state index in [4.69, 9.17) is 27.4 Å². The molecule has 0 bridgehead atoms. The van der Waals surface area contributed by atoms with Gasteiger partial charge in [0.05, 0.1) is 11.1 Å². The quantitative estimate of drug-likeness (QED) is 0.586. The molecule has 0 spiro atoms. The highest BCUT2D eigenvalue weighted by atomic mass is 79.9. The number of hydrogen-bond donors (Lipinski definition) is 1. The zero-order valence-corrected chi connectivity index (χ0v) is 12.9. The molecule has 0 saturated carbocycles. The van der Waals surface area contributed by atoms with Gasteiger partial charge in [-0.05, 0) is 40.5 Å². The lowest BCUT2D eigenvalue weighted by Gasteiger charge is -2.09. The molecule has 1 aromatic carbocycles. The largest absolute Gasteiger partial charge is 0.490 e. The number of halogens is 1. The summed E-state index contributed by atoms with van der Waals surface area (Å²) in [6.45, 7) is 4.07. The third-order valence-electron chi connectivity index (χ3n) is 2.34. The molecule has 100 valence electrons. The minimum absolute atomic E-state index is 0.380. The van der Waals surface area contributed by atoms with Crippen LogP contribution in [0.15, 0.2) is 22.7 Å². The second-order valence-electron chi connectivity index (χ2n) is 3.82. The number of nitrogens with two attached hydrogens (primary N) is 1. The summed E-state index contributed by atoms with van der Waals surface area (Å²) in [7, 11) is 0. The average molecular weight is 332 g/mol. The van der Waals surface area contributed by atoms with Crippen molar-refractivity contribution in [2.45, 2.75) is 19.8 Å². The van der Waals surface area contributed by atoms with Crippen molar-refractivity contribution in [3.8, 4) is 5.75 Å². The molecule has 0 aliphatic heterocycles. The van der Waals surface area contributed by atoms with Gasteiger partial charge in [-0.25, -0.2) is 0 Å². The molecule has 0 aliphatic rings. The highest BCUT2D eigenvalue weighted by Gasteiger charge is 2.04. The Balaban J connectivity index is 2.36. The van der Waals surface area contributed by atoms with Crippen molar-refractivity contribution >= 4 is 33.1 Å². The van der Waals surface area contributed by atoms with Gasteiger partial charge in [-0.2, -0.15) is 0 Å². The normalized spacial score (nSPS) is 10.3. The van der Waals surface area contributed by atoms with E-state index in [1.165, 1.54) is 0 Å². The maximum Gasteiger partial charge on any atom is 0.133 e.